The largest absolute Gasteiger partial charge is 0.361 e. The molecule has 24 heavy (non-hydrogen) atoms. The Bertz CT molecular complexity index is 858. The molecule has 122 valence electrons. The smallest absolute Gasteiger partial charge is 0.185 e. The minimum absolute atomic E-state index is 0.591. The van der Waals surface area contributed by atoms with Crippen LogP contribution in [-0.4, -0.2) is 21.6 Å². The minimum Gasteiger partial charge on any atom is -0.361 e. The van der Waals surface area contributed by atoms with E-state index in [0.717, 1.165) is 28.5 Å². The van der Waals surface area contributed by atoms with Crippen LogP contribution in [0.15, 0.2) is 42.7 Å². The van der Waals surface area contributed by atoms with Gasteiger partial charge < -0.3 is 5.32 Å². The highest BCUT2D eigenvalue weighted by Gasteiger charge is 2.20. The molecule has 4 rings (SSSR count). The van der Waals surface area contributed by atoms with Crippen LogP contribution in [0.3, 0.4) is 0 Å². The fourth-order valence-electron chi connectivity index (χ4n) is 2.41. The van der Waals surface area contributed by atoms with Gasteiger partial charge in [0.1, 0.15) is 6.33 Å². The summed E-state index contributed by atoms with van der Waals surface area (Å²) < 4.78 is 1.01. The van der Waals surface area contributed by atoms with Gasteiger partial charge in [-0.15, -0.1) is 11.3 Å². The Balaban J connectivity index is 1.50. The van der Waals surface area contributed by atoms with Gasteiger partial charge in [-0.1, -0.05) is 30.3 Å². The van der Waals surface area contributed by atoms with Gasteiger partial charge in [0.05, 0.1) is 10.2 Å². The molecule has 7 heteroatoms. The number of fused-ring (bicyclic) bond motifs is 1. The molecule has 0 unspecified atom stereocenters. The van der Waals surface area contributed by atoms with Crippen LogP contribution < -0.4 is 16.2 Å². The van der Waals surface area contributed by atoms with Gasteiger partial charge in [0.2, 0.25) is 0 Å². The van der Waals surface area contributed by atoms with Crippen LogP contribution in [-0.2, 0) is 0 Å². The lowest BCUT2D eigenvalue weighted by Crippen LogP contribution is -2.39. The second-order valence-corrected chi connectivity index (χ2v) is 7.28. The topological polar surface area (TPSA) is 61.9 Å². The van der Waals surface area contributed by atoms with E-state index in [2.05, 4.69) is 44.3 Å². The molecule has 2 heterocycles. The molecular formula is C17H17N5S2. The van der Waals surface area contributed by atoms with Crippen LogP contribution in [0.5, 0.6) is 0 Å². The molecule has 1 fully saturated rings. The number of hydrazine groups is 1. The van der Waals surface area contributed by atoms with E-state index in [1.54, 1.807) is 17.7 Å². The van der Waals surface area contributed by atoms with Crippen LogP contribution in [0.2, 0.25) is 0 Å². The maximum absolute atomic E-state index is 5.28. The first kappa shape index (κ1) is 15.3. The lowest BCUT2D eigenvalue weighted by molar-refractivity contribution is 0.763. The Labute approximate surface area is 149 Å². The molecule has 3 aromatic rings. The van der Waals surface area contributed by atoms with E-state index in [4.69, 9.17) is 12.2 Å². The summed E-state index contributed by atoms with van der Waals surface area (Å²) in [6.45, 7) is 0.934. The van der Waals surface area contributed by atoms with Gasteiger partial charge in [-0.05, 0) is 42.6 Å². The summed E-state index contributed by atoms with van der Waals surface area (Å²) in [4.78, 5) is 9.87. The summed E-state index contributed by atoms with van der Waals surface area (Å²) in [6, 6.07) is 12.4. The van der Waals surface area contributed by atoms with Gasteiger partial charge in [-0.25, -0.2) is 9.97 Å². The molecule has 5 nitrogen and oxygen atoms in total. The molecule has 0 radical (unpaired) electrons. The fourth-order valence-corrected chi connectivity index (χ4v) is 3.60. The fraction of sp³-hybridized carbons (Fsp3) is 0.235. The van der Waals surface area contributed by atoms with Crippen LogP contribution in [0.4, 0.5) is 5.82 Å². The van der Waals surface area contributed by atoms with Crippen LogP contribution in [0.25, 0.3) is 20.7 Å². The maximum atomic E-state index is 5.28. The quantitative estimate of drug-likeness (QED) is 0.480. The van der Waals surface area contributed by atoms with Gasteiger partial charge in [0, 0.05) is 11.4 Å². The van der Waals surface area contributed by atoms with Crippen molar-refractivity contribution in [2.24, 2.45) is 5.92 Å². The van der Waals surface area contributed by atoms with Gasteiger partial charge in [-0.2, -0.15) is 0 Å². The van der Waals surface area contributed by atoms with Gasteiger partial charge >= 0.3 is 0 Å². The number of thiophene rings is 1. The first-order chi connectivity index (χ1) is 11.8. The predicted molar refractivity (Wildman–Crippen MR) is 103 cm³/mol. The van der Waals surface area contributed by atoms with Crippen LogP contribution in [0.1, 0.15) is 12.8 Å². The van der Waals surface area contributed by atoms with Crippen LogP contribution in [0, 0.1) is 5.92 Å². The molecule has 2 aromatic heterocycles. The molecule has 0 bridgehead atoms. The third kappa shape index (κ3) is 3.47. The molecular weight excluding hydrogens is 338 g/mol. The Hall–Kier alpha value is -2.25. The van der Waals surface area contributed by atoms with E-state index in [1.807, 2.05) is 18.2 Å². The van der Waals surface area contributed by atoms with Crippen molar-refractivity contribution in [3.05, 3.63) is 42.7 Å². The van der Waals surface area contributed by atoms with Crippen molar-refractivity contribution < 1.29 is 0 Å². The number of rotatable bonds is 5. The summed E-state index contributed by atoms with van der Waals surface area (Å²) >= 11 is 6.94. The van der Waals surface area contributed by atoms with E-state index in [9.17, 15) is 0 Å². The molecule has 1 aromatic carbocycles. The molecule has 0 amide bonds. The summed E-state index contributed by atoms with van der Waals surface area (Å²) in [5.41, 5.74) is 8.22. The summed E-state index contributed by atoms with van der Waals surface area (Å²) in [5.74, 6) is 1.52. The van der Waals surface area contributed by atoms with Crippen molar-refractivity contribution in [1.82, 2.24) is 20.7 Å². The number of aromatic nitrogens is 2. The number of nitrogens with one attached hydrogen (secondary N) is 3. The number of hydrogen-bond donors (Lipinski definition) is 3. The number of anilines is 1. The highest BCUT2D eigenvalue weighted by Crippen LogP contribution is 2.35. The lowest BCUT2D eigenvalue weighted by atomic mass is 10.2. The van der Waals surface area contributed by atoms with Crippen molar-refractivity contribution in [3.8, 4) is 10.4 Å². The normalized spacial score (nSPS) is 13.7. The van der Waals surface area contributed by atoms with E-state index in [-0.39, 0.29) is 0 Å². The third-order valence-electron chi connectivity index (χ3n) is 3.91. The van der Waals surface area contributed by atoms with Gasteiger partial charge in [0.15, 0.2) is 10.9 Å². The lowest BCUT2D eigenvalue weighted by Gasteiger charge is -2.11. The Kier molecular flexibility index (Phi) is 4.27. The standard InChI is InChI=1S/C17H17N5S2/c23-17(18-9-11-6-7-11)22-21-16-15-13(19-10-20-16)8-14(24-15)12-4-2-1-3-5-12/h1-5,8,10-11H,6-7,9H2,(H2,18,22,23)(H,19,20,21). The van der Waals surface area contributed by atoms with Gasteiger partial charge in [-0.3, -0.25) is 10.9 Å². The van der Waals surface area contributed by atoms with Crippen molar-refractivity contribution in [3.63, 3.8) is 0 Å². The summed E-state index contributed by atoms with van der Waals surface area (Å²) in [6.07, 6.45) is 4.16. The summed E-state index contributed by atoms with van der Waals surface area (Å²) in [5, 5.41) is 3.80. The molecule has 1 aliphatic rings. The molecule has 1 aliphatic carbocycles. The highest BCUT2D eigenvalue weighted by molar-refractivity contribution is 7.80. The zero-order chi connectivity index (χ0) is 16.4. The number of thiocarbonyl (C=S) groups is 1. The SMILES string of the molecule is S=C(NCC1CC1)NNc1ncnc2cc(-c3ccccc3)sc12. The van der Waals surface area contributed by atoms with E-state index in [0.29, 0.717) is 5.11 Å². The van der Waals surface area contributed by atoms with Crippen molar-refractivity contribution in [2.45, 2.75) is 12.8 Å². The average Bonchev–Trinajstić information content (AvgIpc) is 3.35. The van der Waals surface area contributed by atoms with Crippen molar-refractivity contribution >= 4 is 44.7 Å². The number of benzene rings is 1. The molecule has 1 saturated carbocycles. The third-order valence-corrected chi connectivity index (χ3v) is 5.34. The average molecular weight is 355 g/mol. The number of hydrogen-bond acceptors (Lipinski definition) is 5. The van der Waals surface area contributed by atoms with E-state index in [1.165, 1.54) is 23.3 Å². The van der Waals surface area contributed by atoms with E-state index >= 15 is 0 Å². The zero-order valence-electron chi connectivity index (χ0n) is 13.0. The summed E-state index contributed by atoms with van der Waals surface area (Å²) in [7, 11) is 0. The highest BCUT2D eigenvalue weighted by atomic mass is 32.1. The second kappa shape index (κ2) is 6.70. The first-order valence-corrected chi connectivity index (χ1v) is 9.12. The zero-order valence-corrected chi connectivity index (χ0v) is 14.6. The maximum Gasteiger partial charge on any atom is 0.185 e. The van der Waals surface area contributed by atoms with E-state index < -0.39 is 0 Å². The minimum atomic E-state index is 0.591. The molecule has 0 atom stereocenters. The van der Waals surface area contributed by atoms with Crippen molar-refractivity contribution in [1.29, 1.82) is 0 Å². The molecule has 0 spiro atoms. The Morgan fingerprint density at radius 2 is 2.04 bits per heavy atom. The predicted octanol–water partition coefficient (Wildman–Crippen LogP) is 3.56. The molecule has 3 N–H and O–H groups in total. The Morgan fingerprint density at radius 1 is 1.21 bits per heavy atom. The molecule has 0 aliphatic heterocycles. The number of nitrogens with zero attached hydrogens (tertiary/aromatic N) is 2. The monoisotopic (exact) mass is 355 g/mol. The van der Waals surface area contributed by atoms with Crippen molar-refractivity contribution in [2.75, 3.05) is 12.0 Å². The molecule has 0 saturated heterocycles. The van der Waals surface area contributed by atoms with Crippen LogP contribution >= 0.6 is 23.6 Å². The van der Waals surface area contributed by atoms with Gasteiger partial charge in [0.25, 0.3) is 0 Å². The first-order valence-electron chi connectivity index (χ1n) is 7.89. The second-order valence-electron chi connectivity index (χ2n) is 5.82. The Morgan fingerprint density at radius 3 is 2.83 bits per heavy atom.